The van der Waals surface area contributed by atoms with Crippen molar-refractivity contribution < 1.29 is 4.97 Å². The molecular formula is C15H16N3O2-. The van der Waals surface area contributed by atoms with Gasteiger partial charge in [-0.1, -0.05) is 60.7 Å². The van der Waals surface area contributed by atoms with Crippen molar-refractivity contribution in [1.29, 1.82) is 0 Å². The fourth-order valence-electron chi connectivity index (χ4n) is 1.97. The first-order chi connectivity index (χ1) is 9.79. The zero-order valence-corrected chi connectivity index (χ0v) is 11.1. The molecule has 2 aromatic rings. The summed E-state index contributed by atoms with van der Waals surface area (Å²) in [5, 5.41) is 25.8. The van der Waals surface area contributed by atoms with Gasteiger partial charge in [-0.2, -0.15) is 0 Å². The summed E-state index contributed by atoms with van der Waals surface area (Å²) in [5.74, 6) is 0. The quantitative estimate of drug-likeness (QED) is 0.460. The van der Waals surface area contributed by atoms with Crippen molar-refractivity contribution in [3.8, 4) is 0 Å². The second-order valence-electron chi connectivity index (χ2n) is 4.44. The molecule has 0 aliphatic heterocycles. The Hall–Kier alpha value is -2.56. The molecule has 0 amide bonds. The SMILES string of the molecule is [O-]/N=[N+](/[O-])N(CCc1ccccc1)Cc1ccccc1. The molecule has 5 nitrogen and oxygen atoms in total. The molecular weight excluding hydrogens is 254 g/mol. The average molecular weight is 270 g/mol. The van der Waals surface area contributed by atoms with E-state index in [1.54, 1.807) is 0 Å². The molecule has 0 fully saturated rings. The molecule has 104 valence electrons. The highest BCUT2D eigenvalue weighted by Crippen LogP contribution is 2.07. The summed E-state index contributed by atoms with van der Waals surface area (Å²) in [6.07, 6.45) is 0.682. The Morgan fingerprint density at radius 1 is 0.900 bits per heavy atom. The minimum atomic E-state index is 0.121. The maximum absolute atomic E-state index is 11.5. The number of nitrogens with zero attached hydrogens (tertiary/aromatic N) is 3. The molecule has 20 heavy (non-hydrogen) atoms. The third kappa shape index (κ3) is 3.98. The van der Waals surface area contributed by atoms with Crippen molar-refractivity contribution >= 4 is 0 Å². The highest BCUT2D eigenvalue weighted by molar-refractivity contribution is 5.16. The van der Waals surface area contributed by atoms with E-state index in [-0.39, 0.29) is 4.97 Å². The fourth-order valence-corrected chi connectivity index (χ4v) is 1.97. The molecule has 0 radical (unpaired) electrons. The van der Waals surface area contributed by atoms with E-state index in [9.17, 15) is 10.4 Å². The van der Waals surface area contributed by atoms with Crippen LogP contribution in [0.2, 0.25) is 0 Å². The molecule has 0 heterocycles. The van der Waals surface area contributed by atoms with Gasteiger partial charge in [0.1, 0.15) is 6.54 Å². The third-order valence-corrected chi connectivity index (χ3v) is 3.02. The molecule has 0 atom stereocenters. The highest BCUT2D eigenvalue weighted by atomic mass is 16.6. The summed E-state index contributed by atoms with van der Waals surface area (Å²) in [5.41, 5.74) is 2.08. The normalized spacial score (nSPS) is 11.3. The number of hydrogen-bond donors (Lipinski definition) is 0. The molecule has 0 aromatic heterocycles. The van der Waals surface area contributed by atoms with Gasteiger partial charge < -0.3 is 10.4 Å². The van der Waals surface area contributed by atoms with Crippen LogP contribution in [-0.2, 0) is 13.0 Å². The maximum Gasteiger partial charge on any atom is 0.102 e. The van der Waals surface area contributed by atoms with Crippen molar-refractivity contribution in [3.05, 3.63) is 82.2 Å². The lowest BCUT2D eigenvalue weighted by Crippen LogP contribution is -2.32. The number of rotatable bonds is 6. The summed E-state index contributed by atoms with van der Waals surface area (Å²) in [4.78, 5) is 0.121. The minimum Gasteiger partial charge on any atom is -0.737 e. The van der Waals surface area contributed by atoms with Crippen LogP contribution in [0.3, 0.4) is 0 Å². The number of benzene rings is 2. The zero-order chi connectivity index (χ0) is 14.2. The van der Waals surface area contributed by atoms with Crippen LogP contribution in [-0.4, -0.2) is 16.5 Å². The van der Waals surface area contributed by atoms with E-state index in [0.717, 1.165) is 11.1 Å². The van der Waals surface area contributed by atoms with Gasteiger partial charge in [-0.3, -0.25) is 0 Å². The highest BCUT2D eigenvalue weighted by Gasteiger charge is 2.12. The summed E-state index contributed by atoms with van der Waals surface area (Å²) in [6, 6.07) is 19.3. The Balaban J connectivity index is 2.01. The molecule has 0 aliphatic rings. The van der Waals surface area contributed by atoms with Crippen LogP contribution in [0, 0.1) is 10.4 Å². The van der Waals surface area contributed by atoms with Gasteiger partial charge in [-0.25, -0.2) is 0 Å². The van der Waals surface area contributed by atoms with E-state index in [1.165, 1.54) is 5.01 Å². The second kappa shape index (κ2) is 7.13. The second-order valence-corrected chi connectivity index (χ2v) is 4.44. The molecule has 0 bridgehead atoms. The van der Waals surface area contributed by atoms with Gasteiger partial charge >= 0.3 is 0 Å². The lowest BCUT2D eigenvalue weighted by Gasteiger charge is -2.19. The van der Waals surface area contributed by atoms with Gasteiger partial charge in [-0.05, 0) is 22.8 Å². The summed E-state index contributed by atoms with van der Waals surface area (Å²) in [6.45, 7) is 0.803. The van der Waals surface area contributed by atoms with Gasteiger partial charge in [-0.15, -0.1) is 5.01 Å². The van der Waals surface area contributed by atoms with E-state index >= 15 is 0 Å². The van der Waals surface area contributed by atoms with Crippen LogP contribution in [0.1, 0.15) is 11.1 Å². The molecule has 0 unspecified atom stereocenters. The Morgan fingerprint density at radius 3 is 2.00 bits per heavy atom. The van der Waals surface area contributed by atoms with Crippen LogP contribution in [0.5, 0.6) is 0 Å². The number of hydrogen-bond acceptors (Lipinski definition) is 3. The van der Waals surface area contributed by atoms with Crippen molar-refractivity contribution in [2.75, 3.05) is 6.54 Å². The van der Waals surface area contributed by atoms with Crippen molar-refractivity contribution in [2.45, 2.75) is 13.0 Å². The summed E-state index contributed by atoms with van der Waals surface area (Å²) in [7, 11) is 0. The molecule has 5 heteroatoms. The van der Waals surface area contributed by atoms with Crippen LogP contribution >= 0.6 is 0 Å². The Morgan fingerprint density at radius 2 is 1.45 bits per heavy atom. The van der Waals surface area contributed by atoms with Crippen LogP contribution in [0.25, 0.3) is 0 Å². The van der Waals surface area contributed by atoms with Crippen LogP contribution in [0.15, 0.2) is 65.9 Å². The Kier molecular flexibility index (Phi) is 4.94. The van der Waals surface area contributed by atoms with Crippen molar-refractivity contribution in [3.63, 3.8) is 0 Å². The summed E-state index contributed by atoms with van der Waals surface area (Å²) < 4.78 is 0. The third-order valence-electron chi connectivity index (χ3n) is 3.02. The number of hydrazine groups is 1. The zero-order valence-electron chi connectivity index (χ0n) is 11.1. The molecule has 0 saturated carbocycles. The monoisotopic (exact) mass is 270 g/mol. The molecule has 0 saturated heterocycles. The molecule has 0 N–H and O–H groups in total. The van der Waals surface area contributed by atoms with E-state index < -0.39 is 0 Å². The molecule has 0 spiro atoms. The van der Waals surface area contributed by atoms with Gasteiger partial charge in [0.25, 0.3) is 0 Å². The van der Waals surface area contributed by atoms with E-state index in [2.05, 4.69) is 5.28 Å². The van der Waals surface area contributed by atoms with Crippen LogP contribution < -0.4 is 0 Å². The molecule has 0 aliphatic carbocycles. The average Bonchev–Trinajstić information content (AvgIpc) is 2.52. The lowest BCUT2D eigenvalue weighted by molar-refractivity contribution is -0.694. The van der Waals surface area contributed by atoms with Crippen molar-refractivity contribution in [1.82, 2.24) is 5.01 Å². The first-order valence-corrected chi connectivity index (χ1v) is 6.43. The van der Waals surface area contributed by atoms with Gasteiger partial charge in [0, 0.05) is 4.97 Å². The first-order valence-electron chi connectivity index (χ1n) is 6.43. The molecule has 2 rings (SSSR count). The Labute approximate surface area is 117 Å². The molecule has 2 aromatic carbocycles. The first kappa shape index (κ1) is 13.9. The fraction of sp³-hybridized carbons (Fsp3) is 0.200. The minimum absolute atomic E-state index is 0.121. The maximum atomic E-state index is 11.5. The summed E-state index contributed by atoms with van der Waals surface area (Å²) >= 11 is 0. The van der Waals surface area contributed by atoms with E-state index in [1.807, 2.05) is 60.7 Å². The predicted molar refractivity (Wildman–Crippen MR) is 76.4 cm³/mol. The lowest BCUT2D eigenvalue weighted by atomic mass is 10.1. The Bertz CT molecular complexity index is 544. The standard InChI is InChI=1S/C15H17N3O2/c19-16-18(20)17(13-15-9-5-2-6-10-15)12-11-14-7-3-1-4-8-14/h1-10,19H,11-13H2/p-1/b18-16+. The van der Waals surface area contributed by atoms with Gasteiger partial charge in [0.2, 0.25) is 0 Å². The topological polar surface area (TPSA) is 64.7 Å². The van der Waals surface area contributed by atoms with Crippen molar-refractivity contribution in [2.24, 2.45) is 5.28 Å². The van der Waals surface area contributed by atoms with Gasteiger partial charge in [0.15, 0.2) is 0 Å². The predicted octanol–water partition coefficient (Wildman–Crippen LogP) is 3.11. The van der Waals surface area contributed by atoms with Crippen LogP contribution in [0.4, 0.5) is 0 Å². The van der Waals surface area contributed by atoms with E-state index in [4.69, 9.17) is 0 Å². The largest absolute Gasteiger partial charge is 0.737 e. The van der Waals surface area contributed by atoms with Gasteiger partial charge in [0.05, 0.1) is 6.54 Å². The van der Waals surface area contributed by atoms with E-state index in [0.29, 0.717) is 19.5 Å². The smallest absolute Gasteiger partial charge is 0.102 e.